The van der Waals surface area contributed by atoms with Gasteiger partial charge in [-0.1, -0.05) is 6.92 Å². The van der Waals surface area contributed by atoms with E-state index in [2.05, 4.69) is 10.0 Å². The first-order valence-corrected chi connectivity index (χ1v) is 8.03. The second-order valence-electron chi connectivity index (χ2n) is 4.24. The highest BCUT2D eigenvalue weighted by Crippen LogP contribution is 2.14. The van der Waals surface area contributed by atoms with Crippen molar-refractivity contribution in [1.82, 2.24) is 4.72 Å². The van der Waals surface area contributed by atoms with E-state index in [1.54, 1.807) is 31.2 Å². The van der Waals surface area contributed by atoms with Crippen LogP contribution in [0.3, 0.4) is 0 Å². The Labute approximate surface area is 115 Å². The van der Waals surface area contributed by atoms with Crippen LogP contribution in [0.1, 0.15) is 26.2 Å². The lowest BCUT2D eigenvalue weighted by Gasteiger charge is -2.08. The van der Waals surface area contributed by atoms with Crippen LogP contribution in [0.5, 0.6) is 0 Å². The van der Waals surface area contributed by atoms with Gasteiger partial charge in [0.25, 0.3) is 0 Å². The molecule has 0 aliphatic heterocycles. The van der Waals surface area contributed by atoms with Crippen molar-refractivity contribution in [2.75, 3.05) is 25.0 Å². The Kier molecular flexibility index (Phi) is 6.83. The molecule has 0 aliphatic carbocycles. The zero-order chi connectivity index (χ0) is 14.1. The topological polar surface area (TPSA) is 78.4 Å². The minimum Gasteiger partial charge on any atom is -0.396 e. The molecule has 3 N–H and O–H groups in total. The van der Waals surface area contributed by atoms with E-state index in [1.165, 1.54) is 0 Å². The molecule has 1 aromatic carbocycles. The third kappa shape index (κ3) is 5.59. The van der Waals surface area contributed by atoms with Crippen LogP contribution in [0.4, 0.5) is 5.69 Å². The number of aliphatic hydroxyl groups excluding tert-OH is 1. The molecule has 5 nitrogen and oxygen atoms in total. The third-order valence-corrected chi connectivity index (χ3v) is 4.22. The van der Waals surface area contributed by atoms with Crippen molar-refractivity contribution in [1.29, 1.82) is 0 Å². The molecule has 0 atom stereocenters. The van der Waals surface area contributed by atoms with Crippen molar-refractivity contribution in [2.45, 2.75) is 31.1 Å². The average molecular weight is 286 g/mol. The summed E-state index contributed by atoms with van der Waals surface area (Å²) in [6.07, 6.45) is 2.79. The largest absolute Gasteiger partial charge is 0.396 e. The Morgan fingerprint density at radius 2 is 1.79 bits per heavy atom. The van der Waals surface area contributed by atoms with Gasteiger partial charge in [-0.25, -0.2) is 13.1 Å². The zero-order valence-electron chi connectivity index (χ0n) is 11.2. The number of sulfonamides is 1. The molecule has 0 spiro atoms. The van der Waals surface area contributed by atoms with E-state index in [-0.39, 0.29) is 11.5 Å². The van der Waals surface area contributed by atoms with E-state index in [0.717, 1.165) is 31.5 Å². The molecule has 108 valence electrons. The second-order valence-corrected chi connectivity index (χ2v) is 6.00. The maximum atomic E-state index is 11.7. The van der Waals surface area contributed by atoms with Crippen LogP contribution in [0.15, 0.2) is 29.2 Å². The van der Waals surface area contributed by atoms with Gasteiger partial charge in [0.15, 0.2) is 0 Å². The van der Waals surface area contributed by atoms with Gasteiger partial charge in [-0.15, -0.1) is 0 Å². The Bertz CT molecular complexity index is 457. The summed E-state index contributed by atoms with van der Waals surface area (Å²) >= 11 is 0. The molecule has 0 saturated heterocycles. The molecule has 0 unspecified atom stereocenters. The first kappa shape index (κ1) is 15.9. The quantitative estimate of drug-likeness (QED) is 0.602. The van der Waals surface area contributed by atoms with E-state index < -0.39 is 10.0 Å². The van der Waals surface area contributed by atoms with E-state index in [9.17, 15) is 8.42 Å². The lowest BCUT2D eigenvalue weighted by Crippen LogP contribution is -2.23. The average Bonchev–Trinajstić information content (AvgIpc) is 2.39. The van der Waals surface area contributed by atoms with E-state index in [4.69, 9.17) is 5.11 Å². The number of hydrogen-bond donors (Lipinski definition) is 3. The second kappa shape index (κ2) is 8.14. The fourth-order valence-corrected chi connectivity index (χ4v) is 2.71. The molecule has 0 bridgehead atoms. The number of anilines is 1. The van der Waals surface area contributed by atoms with Crippen molar-refractivity contribution < 1.29 is 13.5 Å². The Morgan fingerprint density at radius 3 is 2.37 bits per heavy atom. The minimum atomic E-state index is -3.37. The normalized spacial score (nSPS) is 11.5. The lowest BCUT2D eigenvalue weighted by atomic mass is 10.2. The summed E-state index contributed by atoms with van der Waals surface area (Å²) in [5.74, 6) is 0. The van der Waals surface area contributed by atoms with E-state index in [1.807, 2.05) is 0 Å². The Balaban J connectivity index is 2.48. The van der Waals surface area contributed by atoms with Gasteiger partial charge in [-0.2, -0.15) is 0 Å². The fraction of sp³-hybridized carbons (Fsp3) is 0.538. The molecule has 1 aromatic rings. The smallest absolute Gasteiger partial charge is 0.240 e. The molecule has 0 heterocycles. The van der Waals surface area contributed by atoms with Crippen LogP contribution in [0, 0.1) is 0 Å². The molecule has 0 radical (unpaired) electrons. The van der Waals surface area contributed by atoms with E-state index >= 15 is 0 Å². The summed E-state index contributed by atoms with van der Waals surface area (Å²) in [5.41, 5.74) is 0.902. The van der Waals surface area contributed by atoms with Crippen molar-refractivity contribution >= 4 is 15.7 Å². The molecule has 0 fully saturated rings. The fourth-order valence-electron chi connectivity index (χ4n) is 1.67. The molecule has 0 saturated carbocycles. The number of nitrogens with one attached hydrogen (secondary N) is 2. The monoisotopic (exact) mass is 286 g/mol. The van der Waals surface area contributed by atoms with Crippen molar-refractivity contribution in [2.24, 2.45) is 0 Å². The van der Waals surface area contributed by atoms with Gasteiger partial charge in [0.05, 0.1) is 4.90 Å². The molecule has 0 aliphatic rings. The molecular weight excluding hydrogens is 264 g/mol. The van der Waals surface area contributed by atoms with Gasteiger partial charge in [0, 0.05) is 25.4 Å². The number of aliphatic hydroxyl groups is 1. The van der Waals surface area contributed by atoms with Crippen molar-refractivity contribution in [3.8, 4) is 0 Å². The van der Waals surface area contributed by atoms with Gasteiger partial charge >= 0.3 is 0 Å². The first-order valence-electron chi connectivity index (χ1n) is 6.54. The van der Waals surface area contributed by atoms with Crippen LogP contribution in [-0.2, 0) is 10.0 Å². The van der Waals surface area contributed by atoms with Gasteiger partial charge in [0.1, 0.15) is 0 Å². The SMILES string of the molecule is CCNS(=O)(=O)c1ccc(NCCCCCO)cc1. The summed E-state index contributed by atoms with van der Waals surface area (Å²) in [4.78, 5) is 0.278. The van der Waals surface area contributed by atoms with Gasteiger partial charge in [0.2, 0.25) is 10.0 Å². The van der Waals surface area contributed by atoms with Crippen LogP contribution < -0.4 is 10.0 Å². The van der Waals surface area contributed by atoms with Gasteiger partial charge < -0.3 is 10.4 Å². The standard InChI is InChI=1S/C13H22N2O3S/c1-2-15-19(17,18)13-8-6-12(7-9-13)14-10-4-3-5-11-16/h6-9,14-16H,2-5,10-11H2,1H3. The summed E-state index contributed by atoms with van der Waals surface area (Å²) in [7, 11) is -3.37. The Morgan fingerprint density at radius 1 is 1.11 bits per heavy atom. The molecule has 1 rings (SSSR count). The number of benzene rings is 1. The molecule has 19 heavy (non-hydrogen) atoms. The van der Waals surface area contributed by atoms with Crippen molar-refractivity contribution in [3.63, 3.8) is 0 Å². The number of unbranched alkanes of at least 4 members (excludes halogenated alkanes) is 2. The zero-order valence-corrected chi connectivity index (χ0v) is 12.0. The molecule has 6 heteroatoms. The van der Waals surface area contributed by atoms with Gasteiger partial charge in [-0.05, 0) is 43.5 Å². The highest BCUT2D eigenvalue weighted by Gasteiger charge is 2.11. The van der Waals surface area contributed by atoms with Crippen LogP contribution in [-0.4, -0.2) is 33.2 Å². The summed E-state index contributed by atoms with van der Waals surface area (Å²) < 4.78 is 25.9. The Hall–Kier alpha value is -1.11. The maximum Gasteiger partial charge on any atom is 0.240 e. The summed E-state index contributed by atoms with van der Waals surface area (Å²) in [6, 6.07) is 6.70. The summed E-state index contributed by atoms with van der Waals surface area (Å²) in [5, 5.41) is 11.9. The summed E-state index contributed by atoms with van der Waals surface area (Å²) in [6.45, 7) is 3.18. The highest BCUT2D eigenvalue weighted by atomic mass is 32.2. The molecule has 0 amide bonds. The predicted octanol–water partition coefficient (Wildman–Crippen LogP) is 1.56. The van der Waals surface area contributed by atoms with Gasteiger partial charge in [-0.3, -0.25) is 0 Å². The predicted molar refractivity (Wildman–Crippen MR) is 76.7 cm³/mol. The van der Waals surface area contributed by atoms with Crippen LogP contribution in [0.25, 0.3) is 0 Å². The third-order valence-electron chi connectivity index (χ3n) is 2.66. The van der Waals surface area contributed by atoms with Crippen molar-refractivity contribution in [3.05, 3.63) is 24.3 Å². The molecular formula is C13H22N2O3S. The molecule has 0 aromatic heterocycles. The number of rotatable bonds is 9. The number of hydrogen-bond acceptors (Lipinski definition) is 4. The first-order chi connectivity index (χ1) is 9.10. The maximum absolute atomic E-state index is 11.7. The minimum absolute atomic E-state index is 0.233. The highest BCUT2D eigenvalue weighted by molar-refractivity contribution is 7.89. The van der Waals surface area contributed by atoms with E-state index in [0.29, 0.717) is 6.54 Å². The van der Waals surface area contributed by atoms with Crippen LogP contribution in [0.2, 0.25) is 0 Å². The van der Waals surface area contributed by atoms with Crippen LogP contribution >= 0.6 is 0 Å². The lowest BCUT2D eigenvalue weighted by molar-refractivity contribution is 0.283.